The average Bonchev–Trinajstić information content (AvgIpc) is 2.49. The molecule has 0 aliphatic carbocycles. The van der Waals surface area contributed by atoms with Crippen molar-refractivity contribution in [3.8, 4) is 0 Å². The van der Waals surface area contributed by atoms with Gasteiger partial charge in [-0.3, -0.25) is 4.79 Å². The molecule has 1 atom stereocenters. The van der Waals surface area contributed by atoms with Crippen LogP contribution in [-0.4, -0.2) is 9.78 Å². The van der Waals surface area contributed by atoms with Crippen molar-refractivity contribution in [2.24, 2.45) is 12.8 Å². The number of nitrogens with two attached hydrogens (primary N) is 1. The van der Waals surface area contributed by atoms with Crippen molar-refractivity contribution in [1.29, 1.82) is 0 Å². The number of nitrogens with zero attached hydrogens (tertiary/aromatic N) is 2. The lowest BCUT2D eigenvalue weighted by atomic mass is 9.95. The van der Waals surface area contributed by atoms with Gasteiger partial charge in [-0.15, -0.1) is 0 Å². The molecule has 0 fully saturated rings. The number of hydrogen-bond donors (Lipinski definition) is 1. The van der Waals surface area contributed by atoms with Crippen LogP contribution in [0.3, 0.4) is 0 Å². The first-order valence-corrected chi connectivity index (χ1v) is 7.74. The van der Waals surface area contributed by atoms with Crippen molar-refractivity contribution in [2.45, 2.75) is 45.6 Å². The smallest absolute Gasteiger partial charge is 0.271 e. The van der Waals surface area contributed by atoms with Crippen LogP contribution in [0.4, 0.5) is 0 Å². The lowest BCUT2D eigenvalue weighted by Gasteiger charge is -2.16. The van der Waals surface area contributed by atoms with E-state index in [9.17, 15) is 4.79 Å². The number of aryl methyl sites for hydroxylation is 1. The fourth-order valence-electron chi connectivity index (χ4n) is 2.43. The van der Waals surface area contributed by atoms with Crippen LogP contribution in [0.25, 0.3) is 0 Å². The van der Waals surface area contributed by atoms with E-state index in [1.165, 1.54) is 10.2 Å². The molecule has 118 valence electrons. The summed E-state index contributed by atoms with van der Waals surface area (Å²) in [5, 5.41) is 4.29. The van der Waals surface area contributed by atoms with Gasteiger partial charge >= 0.3 is 0 Å². The van der Waals surface area contributed by atoms with Crippen LogP contribution in [-0.2, 0) is 7.05 Å². The molecule has 2 aromatic rings. The predicted molar refractivity (Wildman–Crippen MR) is 90.1 cm³/mol. The lowest BCUT2D eigenvalue weighted by molar-refractivity contribution is 0.633. The number of benzene rings is 1. The summed E-state index contributed by atoms with van der Waals surface area (Å²) >= 11 is 0. The van der Waals surface area contributed by atoms with Crippen LogP contribution in [0, 0.1) is 0 Å². The maximum Gasteiger partial charge on any atom is 0.271 e. The summed E-state index contributed by atoms with van der Waals surface area (Å²) < 4.78 is 1.38. The summed E-state index contributed by atoms with van der Waals surface area (Å²) in [5.41, 5.74) is 9.89. The fourth-order valence-corrected chi connectivity index (χ4v) is 2.43. The van der Waals surface area contributed by atoms with E-state index < -0.39 is 6.04 Å². The molecule has 0 saturated carbocycles. The second-order valence-corrected chi connectivity index (χ2v) is 6.41. The van der Waals surface area contributed by atoms with Gasteiger partial charge in [-0.2, -0.15) is 5.10 Å². The Morgan fingerprint density at radius 2 is 1.55 bits per heavy atom. The van der Waals surface area contributed by atoms with Gasteiger partial charge < -0.3 is 5.73 Å². The highest BCUT2D eigenvalue weighted by Gasteiger charge is 2.17. The van der Waals surface area contributed by atoms with Crippen LogP contribution < -0.4 is 11.3 Å². The molecule has 4 nitrogen and oxygen atoms in total. The van der Waals surface area contributed by atoms with Crippen molar-refractivity contribution in [3.05, 3.63) is 63.1 Å². The van der Waals surface area contributed by atoms with E-state index in [2.05, 4.69) is 44.9 Å². The van der Waals surface area contributed by atoms with E-state index in [4.69, 9.17) is 5.73 Å². The summed E-state index contributed by atoms with van der Waals surface area (Å²) in [4.78, 5) is 12.4. The van der Waals surface area contributed by atoms with E-state index in [1.807, 2.05) is 18.2 Å². The minimum absolute atomic E-state index is 0.134. The highest BCUT2D eigenvalue weighted by molar-refractivity contribution is 5.33. The Balaban J connectivity index is 2.44. The molecular formula is C18H25N3O. The third kappa shape index (κ3) is 3.28. The quantitative estimate of drug-likeness (QED) is 0.943. The molecule has 0 saturated heterocycles. The van der Waals surface area contributed by atoms with Crippen LogP contribution in [0.5, 0.6) is 0 Å². The maximum absolute atomic E-state index is 12.4. The molecule has 1 unspecified atom stereocenters. The maximum atomic E-state index is 12.4. The third-order valence-electron chi connectivity index (χ3n) is 4.00. The minimum Gasteiger partial charge on any atom is -0.320 e. The van der Waals surface area contributed by atoms with Gasteiger partial charge in [-0.05, 0) is 29.0 Å². The first-order valence-electron chi connectivity index (χ1n) is 7.74. The molecule has 1 aromatic heterocycles. The number of rotatable bonds is 4. The van der Waals surface area contributed by atoms with E-state index >= 15 is 0 Å². The second kappa shape index (κ2) is 6.44. The van der Waals surface area contributed by atoms with Gasteiger partial charge in [0.2, 0.25) is 0 Å². The molecule has 0 spiro atoms. The Morgan fingerprint density at radius 3 is 2.05 bits per heavy atom. The average molecular weight is 299 g/mol. The molecule has 22 heavy (non-hydrogen) atoms. The molecule has 2 N–H and O–H groups in total. The molecule has 0 amide bonds. The zero-order valence-corrected chi connectivity index (χ0v) is 14.0. The SMILES string of the molecule is CC(C)c1ccc(C(N)c2cc(C(C)C)nn(C)c2=O)cc1. The van der Waals surface area contributed by atoms with Crippen LogP contribution in [0.15, 0.2) is 35.1 Å². The summed E-state index contributed by atoms with van der Waals surface area (Å²) in [7, 11) is 1.67. The van der Waals surface area contributed by atoms with Crippen LogP contribution in [0.2, 0.25) is 0 Å². The van der Waals surface area contributed by atoms with E-state index in [-0.39, 0.29) is 11.5 Å². The summed E-state index contributed by atoms with van der Waals surface area (Å²) in [5.74, 6) is 0.729. The molecule has 1 aromatic carbocycles. The van der Waals surface area contributed by atoms with E-state index in [0.717, 1.165) is 11.3 Å². The summed E-state index contributed by atoms with van der Waals surface area (Å²) in [6.45, 7) is 8.42. The van der Waals surface area contributed by atoms with E-state index in [0.29, 0.717) is 11.5 Å². The van der Waals surface area contributed by atoms with Crippen molar-refractivity contribution >= 4 is 0 Å². The standard InChI is InChI=1S/C18H25N3O/c1-11(2)13-6-8-14(9-7-13)17(19)15-10-16(12(3)4)20-21(5)18(15)22/h6-12,17H,19H2,1-5H3. The number of aromatic nitrogens is 2. The van der Waals surface area contributed by atoms with Crippen LogP contribution >= 0.6 is 0 Å². The third-order valence-corrected chi connectivity index (χ3v) is 4.00. The highest BCUT2D eigenvalue weighted by Crippen LogP contribution is 2.22. The van der Waals surface area contributed by atoms with Gasteiger partial charge in [0.1, 0.15) is 0 Å². The van der Waals surface area contributed by atoms with Crippen LogP contribution in [0.1, 0.15) is 68.0 Å². The summed E-state index contributed by atoms with van der Waals surface area (Å²) in [6.07, 6.45) is 0. The van der Waals surface area contributed by atoms with Gasteiger partial charge in [-0.25, -0.2) is 4.68 Å². The van der Waals surface area contributed by atoms with Crippen molar-refractivity contribution in [3.63, 3.8) is 0 Å². The molecule has 4 heteroatoms. The zero-order chi connectivity index (χ0) is 16.4. The Kier molecular flexibility index (Phi) is 4.81. The Bertz CT molecular complexity index is 699. The zero-order valence-electron chi connectivity index (χ0n) is 14.0. The fraction of sp³-hybridized carbons (Fsp3) is 0.444. The minimum atomic E-state index is -0.430. The van der Waals surface area contributed by atoms with Gasteiger partial charge in [0, 0.05) is 12.6 Å². The molecular weight excluding hydrogens is 274 g/mol. The Labute approximate surface area is 132 Å². The molecule has 0 aliphatic heterocycles. The van der Waals surface area contributed by atoms with Gasteiger partial charge in [0.05, 0.1) is 11.7 Å². The normalized spacial score (nSPS) is 12.9. The van der Waals surface area contributed by atoms with Gasteiger partial charge in [0.15, 0.2) is 0 Å². The second-order valence-electron chi connectivity index (χ2n) is 6.41. The number of hydrogen-bond acceptors (Lipinski definition) is 3. The molecule has 1 heterocycles. The molecule has 0 bridgehead atoms. The predicted octanol–water partition coefficient (Wildman–Crippen LogP) is 3.08. The van der Waals surface area contributed by atoms with Gasteiger partial charge in [-0.1, -0.05) is 52.0 Å². The monoisotopic (exact) mass is 299 g/mol. The largest absolute Gasteiger partial charge is 0.320 e. The van der Waals surface area contributed by atoms with Crippen molar-refractivity contribution in [2.75, 3.05) is 0 Å². The Hall–Kier alpha value is -1.94. The summed E-state index contributed by atoms with van der Waals surface area (Å²) in [6, 6.07) is 9.59. The molecule has 0 aliphatic rings. The van der Waals surface area contributed by atoms with Crippen molar-refractivity contribution in [1.82, 2.24) is 9.78 Å². The van der Waals surface area contributed by atoms with Gasteiger partial charge in [0.25, 0.3) is 5.56 Å². The topological polar surface area (TPSA) is 60.9 Å². The molecule has 0 radical (unpaired) electrons. The first-order chi connectivity index (χ1) is 10.3. The van der Waals surface area contributed by atoms with E-state index in [1.54, 1.807) is 7.05 Å². The van der Waals surface area contributed by atoms with Crippen molar-refractivity contribution < 1.29 is 0 Å². The lowest BCUT2D eigenvalue weighted by Crippen LogP contribution is -2.30. The first kappa shape index (κ1) is 16.4. The molecule has 2 rings (SSSR count). The highest BCUT2D eigenvalue weighted by atomic mass is 16.1. The Morgan fingerprint density at radius 1 is 1.00 bits per heavy atom.